The van der Waals surface area contributed by atoms with Crippen LogP contribution in [0.4, 0.5) is 11.8 Å². The molecule has 1 aromatic carbocycles. The third-order valence-corrected chi connectivity index (χ3v) is 8.05. The van der Waals surface area contributed by atoms with E-state index in [0.29, 0.717) is 69.8 Å². The van der Waals surface area contributed by atoms with E-state index >= 15 is 0 Å². The summed E-state index contributed by atoms with van der Waals surface area (Å²) in [5.41, 5.74) is 1.66. The average Bonchev–Trinajstić information content (AvgIpc) is 3.42. The van der Waals surface area contributed by atoms with Gasteiger partial charge in [-0.1, -0.05) is 29.8 Å². The molecule has 3 aromatic rings. The minimum atomic E-state index is -0.268. The normalized spacial score (nSPS) is 20.6. The molecule has 0 saturated carbocycles. The summed E-state index contributed by atoms with van der Waals surface area (Å²) in [6.45, 7) is 5.70. The van der Waals surface area contributed by atoms with Crippen molar-refractivity contribution in [1.82, 2.24) is 20.3 Å². The number of amides is 1. The van der Waals surface area contributed by atoms with Crippen molar-refractivity contribution in [1.29, 1.82) is 0 Å². The second-order valence-corrected chi connectivity index (χ2v) is 10.6. The van der Waals surface area contributed by atoms with E-state index in [9.17, 15) is 4.79 Å². The maximum absolute atomic E-state index is 11.9. The summed E-state index contributed by atoms with van der Waals surface area (Å²) < 4.78 is 22.3. The van der Waals surface area contributed by atoms with Crippen molar-refractivity contribution in [2.75, 3.05) is 57.8 Å². The Morgan fingerprint density at radius 2 is 1.85 bits per heavy atom. The number of ether oxygens (including phenoxy) is 4. The second kappa shape index (κ2) is 12.6. The van der Waals surface area contributed by atoms with Crippen LogP contribution in [0.1, 0.15) is 12.8 Å². The predicted molar refractivity (Wildman–Crippen MR) is 158 cm³/mol. The van der Waals surface area contributed by atoms with Gasteiger partial charge in [-0.25, -0.2) is 15.0 Å². The number of carbonyl (C=O) groups excluding carboxylic acids is 1. The van der Waals surface area contributed by atoms with Gasteiger partial charge in [0.25, 0.3) is 0 Å². The number of rotatable bonds is 9. The molecule has 2 aliphatic rings. The molecule has 1 unspecified atom stereocenters. The Morgan fingerprint density at radius 3 is 2.54 bits per heavy atom. The molecule has 1 amide bonds. The average molecular weight is 604 g/mol. The van der Waals surface area contributed by atoms with Crippen LogP contribution in [0.2, 0.25) is 10.0 Å². The number of fused-ring (bicyclic) bond motifs is 1. The minimum Gasteiger partial charge on any atom is -0.495 e. The molecule has 3 atom stereocenters. The summed E-state index contributed by atoms with van der Waals surface area (Å²) in [6.07, 6.45) is 4.90. The number of pyridine rings is 1. The zero-order valence-electron chi connectivity index (χ0n) is 23.1. The molecule has 2 aliphatic heterocycles. The Kier molecular flexibility index (Phi) is 8.98. The van der Waals surface area contributed by atoms with Gasteiger partial charge in [0.1, 0.15) is 17.0 Å². The Morgan fingerprint density at radius 1 is 1.12 bits per heavy atom. The number of carbonyl (C=O) groups is 1. The maximum atomic E-state index is 11.9. The molecule has 2 saturated heterocycles. The van der Waals surface area contributed by atoms with Crippen molar-refractivity contribution in [3.63, 3.8) is 0 Å². The van der Waals surface area contributed by atoms with Gasteiger partial charge in [0.2, 0.25) is 11.9 Å². The number of aromatic nitrogens is 3. The molecule has 5 rings (SSSR count). The van der Waals surface area contributed by atoms with Crippen LogP contribution in [0.5, 0.6) is 11.5 Å². The van der Waals surface area contributed by atoms with E-state index in [4.69, 9.17) is 52.1 Å². The zero-order valence-corrected chi connectivity index (χ0v) is 24.6. The van der Waals surface area contributed by atoms with Crippen molar-refractivity contribution in [2.45, 2.75) is 31.0 Å². The molecule has 2 fully saturated rings. The lowest BCUT2D eigenvalue weighted by molar-refractivity contribution is -0.117. The van der Waals surface area contributed by atoms with E-state index in [0.717, 1.165) is 24.8 Å². The molecule has 218 valence electrons. The van der Waals surface area contributed by atoms with Crippen molar-refractivity contribution >= 4 is 51.8 Å². The fourth-order valence-corrected chi connectivity index (χ4v) is 5.81. The van der Waals surface area contributed by atoms with Crippen LogP contribution in [0.3, 0.4) is 0 Å². The molecule has 41 heavy (non-hydrogen) atoms. The van der Waals surface area contributed by atoms with Gasteiger partial charge < -0.3 is 34.5 Å². The first-order chi connectivity index (χ1) is 19.9. The molecule has 4 heterocycles. The smallest absolute Gasteiger partial charge is 0.243 e. The van der Waals surface area contributed by atoms with Crippen molar-refractivity contribution < 1.29 is 23.7 Å². The first kappa shape index (κ1) is 29.1. The number of hydrogen-bond acceptors (Lipinski definition) is 10. The van der Waals surface area contributed by atoms with Crippen LogP contribution >= 0.6 is 23.2 Å². The van der Waals surface area contributed by atoms with Gasteiger partial charge in [0.05, 0.1) is 61.4 Å². The number of nitrogens with zero attached hydrogens (tertiary/aromatic N) is 4. The fraction of sp³-hybridized carbons (Fsp3) is 0.429. The minimum absolute atomic E-state index is 0.0534. The van der Waals surface area contributed by atoms with E-state index in [-0.39, 0.29) is 24.1 Å². The number of anilines is 2. The number of hydrogen-bond donors (Lipinski definition) is 2. The van der Waals surface area contributed by atoms with Gasteiger partial charge in [-0.15, -0.1) is 0 Å². The number of benzene rings is 1. The maximum Gasteiger partial charge on any atom is 0.243 e. The largest absolute Gasteiger partial charge is 0.495 e. The molecular weight excluding hydrogens is 571 g/mol. The Labute approximate surface area is 248 Å². The third kappa shape index (κ3) is 5.99. The van der Waals surface area contributed by atoms with Crippen LogP contribution in [-0.4, -0.2) is 86.7 Å². The van der Waals surface area contributed by atoms with E-state index in [1.165, 1.54) is 20.3 Å². The van der Waals surface area contributed by atoms with Gasteiger partial charge >= 0.3 is 0 Å². The van der Waals surface area contributed by atoms with Crippen LogP contribution in [0.25, 0.3) is 22.2 Å². The highest BCUT2D eigenvalue weighted by molar-refractivity contribution is 6.41. The van der Waals surface area contributed by atoms with Crippen molar-refractivity contribution in [3.05, 3.63) is 41.0 Å². The number of methoxy groups -OCH3 is 3. The molecule has 0 spiro atoms. The van der Waals surface area contributed by atoms with Gasteiger partial charge in [-0.3, -0.25) is 4.79 Å². The molecule has 11 nitrogen and oxygen atoms in total. The first-order valence-corrected chi connectivity index (χ1v) is 14.0. The summed E-state index contributed by atoms with van der Waals surface area (Å²) in [6, 6.07) is 3.01. The number of halogens is 2. The van der Waals surface area contributed by atoms with Crippen LogP contribution in [-0.2, 0) is 14.3 Å². The van der Waals surface area contributed by atoms with E-state index in [1.807, 2.05) is 6.07 Å². The highest BCUT2D eigenvalue weighted by Gasteiger charge is 2.31. The van der Waals surface area contributed by atoms with E-state index in [1.54, 1.807) is 19.4 Å². The first-order valence-electron chi connectivity index (χ1n) is 13.2. The lowest BCUT2D eigenvalue weighted by Crippen LogP contribution is -2.45. The van der Waals surface area contributed by atoms with Crippen LogP contribution < -0.4 is 25.0 Å². The topological polar surface area (TPSA) is 120 Å². The van der Waals surface area contributed by atoms with Crippen molar-refractivity contribution in [3.8, 4) is 22.8 Å². The summed E-state index contributed by atoms with van der Waals surface area (Å²) in [7, 11) is 4.77. The van der Waals surface area contributed by atoms with Gasteiger partial charge in [-0.05, 0) is 25.0 Å². The second-order valence-electron chi connectivity index (χ2n) is 9.80. The highest BCUT2D eigenvalue weighted by atomic mass is 35.5. The predicted octanol–water partition coefficient (Wildman–Crippen LogP) is 4.11. The molecule has 2 aromatic heterocycles. The summed E-state index contributed by atoms with van der Waals surface area (Å²) in [5, 5.41) is 7.57. The molecule has 0 aliphatic carbocycles. The Hall–Kier alpha value is -3.38. The zero-order chi connectivity index (χ0) is 29.1. The number of nitrogens with one attached hydrogen (secondary N) is 2. The SMILES string of the molecule is C=CC(=O)N[C@H]1COC[C@H]1Nc1ncc2cc(-c3c(Cl)c(OC)cc(OC)c3Cl)nc(N3CCCC(OC)C3)c2n1. The molecule has 2 N–H and O–H groups in total. The quantitative estimate of drug-likeness (QED) is 0.346. The summed E-state index contributed by atoms with van der Waals surface area (Å²) >= 11 is 13.5. The van der Waals surface area contributed by atoms with Crippen LogP contribution in [0, 0.1) is 0 Å². The van der Waals surface area contributed by atoms with E-state index < -0.39 is 0 Å². The lowest BCUT2D eigenvalue weighted by Gasteiger charge is -2.33. The molecule has 0 bridgehead atoms. The van der Waals surface area contributed by atoms with E-state index in [2.05, 4.69) is 27.1 Å². The highest BCUT2D eigenvalue weighted by Crippen LogP contribution is 2.46. The van der Waals surface area contributed by atoms with Crippen LogP contribution in [0.15, 0.2) is 31.0 Å². The summed E-state index contributed by atoms with van der Waals surface area (Å²) in [5.74, 6) is 1.60. The standard InChI is InChI=1S/C28H32Cl2N6O5/c1-5-22(37)32-18-13-41-14-19(18)34-28-31-11-15-9-17(23-24(29)20(39-3)10-21(40-4)25(23)30)33-27(26(15)35-28)36-8-6-7-16(12-36)38-2/h5,9-11,16,18-19H,1,6-8,12-14H2,2-4H3,(H,32,37)(H,31,34,35)/t16?,18-,19+/m0/s1. The molecule has 0 radical (unpaired) electrons. The Balaban J connectivity index is 1.60. The van der Waals surface area contributed by atoms with Gasteiger partial charge in [0, 0.05) is 43.4 Å². The third-order valence-electron chi connectivity index (χ3n) is 7.30. The molecule has 13 heteroatoms. The summed E-state index contributed by atoms with van der Waals surface area (Å²) in [4.78, 5) is 28.5. The fourth-order valence-electron chi connectivity index (χ4n) is 5.12. The lowest BCUT2D eigenvalue weighted by atomic mass is 10.1. The Bertz CT molecular complexity index is 1430. The van der Waals surface area contributed by atoms with Gasteiger partial charge in [0.15, 0.2) is 5.82 Å². The monoisotopic (exact) mass is 602 g/mol. The molecular formula is C28H32Cl2N6O5. The van der Waals surface area contributed by atoms with Gasteiger partial charge in [-0.2, -0.15) is 0 Å². The van der Waals surface area contributed by atoms with Crippen molar-refractivity contribution in [2.24, 2.45) is 0 Å². The number of piperidine rings is 1.